The Morgan fingerprint density at radius 2 is 2.16 bits per heavy atom. The number of rotatable bonds is 5. The minimum atomic E-state index is -0.510. The lowest BCUT2D eigenvalue weighted by atomic mass is 9.96. The Bertz CT molecular complexity index is 766. The molecule has 0 saturated carbocycles. The molecule has 2 aliphatic rings. The summed E-state index contributed by atoms with van der Waals surface area (Å²) in [6.45, 7) is 3.25. The van der Waals surface area contributed by atoms with Crippen LogP contribution in [0.4, 0.5) is 0 Å². The molecule has 1 saturated heterocycles. The van der Waals surface area contributed by atoms with Gasteiger partial charge < -0.3 is 10.0 Å². The van der Waals surface area contributed by atoms with Gasteiger partial charge in [0.05, 0.1) is 16.9 Å². The Hall–Kier alpha value is -1.57. The molecule has 1 fully saturated rings. The molecule has 0 radical (unpaired) electrons. The largest absolute Gasteiger partial charge is 0.385 e. The van der Waals surface area contributed by atoms with Crippen LogP contribution in [0.1, 0.15) is 42.3 Å². The van der Waals surface area contributed by atoms with E-state index in [1.807, 2.05) is 5.38 Å². The molecule has 2 aromatic rings. The molecule has 0 bridgehead atoms. The van der Waals surface area contributed by atoms with E-state index in [1.165, 1.54) is 11.3 Å². The third-order valence-corrected chi connectivity index (χ3v) is 5.99. The van der Waals surface area contributed by atoms with Gasteiger partial charge in [-0.25, -0.2) is 9.67 Å². The zero-order valence-corrected chi connectivity index (χ0v) is 15.1. The molecule has 7 heteroatoms. The molecular formula is C18H24N4O2S. The molecule has 2 aromatic heterocycles. The topological polar surface area (TPSA) is 71.2 Å². The molecule has 6 nitrogen and oxygen atoms in total. The standard InChI is InChI=1S/C18H24N4O2S/c23-17(16-11-25-12-19-16)10-21-6-4-13(5-7-21)9-22-18(24)8-14-2-1-3-15(14)20-22/h8,11-13,17,23H,1-7,9-10H2. The van der Waals surface area contributed by atoms with Crippen molar-refractivity contribution in [2.75, 3.05) is 19.6 Å². The SMILES string of the molecule is O=c1cc2c(nn1CC1CCN(CC(O)c3cscn3)CC1)CCC2. The summed E-state index contributed by atoms with van der Waals surface area (Å²) in [6.07, 6.45) is 4.68. The van der Waals surface area contributed by atoms with Crippen LogP contribution in [0.15, 0.2) is 21.8 Å². The van der Waals surface area contributed by atoms with Crippen LogP contribution in [0.2, 0.25) is 0 Å². The fourth-order valence-electron chi connectivity index (χ4n) is 3.89. The number of hydrogen-bond donors (Lipinski definition) is 1. The molecule has 134 valence electrons. The number of hydrogen-bond acceptors (Lipinski definition) is 6. The van der Waals surface area contributed by atoms with E-state index in [0.717, 1.165) is 62.1 Å². The van der Waals surface area contributed by atoms with E-state index in [-0.39, 0.29) is 5.56 Å². The van der Waals surface area contributed by atoms with Crippen molar-refractivity contribution in [3.63, 3.8) is 0 Å². The number of likely N-dealkylation sites (tertiary alicyclic amines) is 1. The van der Waals surface area contributed by atoms with Crippen molar-refractivity contribution in [1.82, 2.24) is 19.7 Å². The van der Waals surface area contributed by atoms with E-state index in [0.29, 0.717) is 19.0 Å². The molecule has 4 rings (SSSR count). The Morgan fingerprint density at radius 3 is 2.92 bits per heavy atom. The molecule has 0 amide bonds. The summed E-state index contributed by atoms with van der Waals surface area (Å²) in [7, 11) is 0. The van der Waals surface area contributed by atoms with Gasteiger partial charge in [-0.1, -0.05) is 0 Å². The average molecular weight is 360 g/mol. The first-order chi connectivity index (χ1) is 12.2. The number of piperidine rings is 1. The van der Waals surface area contributed by atoms with Gasteiger partial charge in [0, 0.05) is 24.5 Å². The van der Waals surface area contributed by atoms with Gasteiger partial charge in [0.2, 0.25) is 0 Å². The zero-order chi connectivity index (χ0) is 17.2. The Balaban J connectivity index is 1.31. The van der Waals surface area contributed by atoms with E-state index < -0.39 is 6.10 Å². The summed E-state index contributed by atoms with van der Waals surface area (Å²) in [5.41, 5.74) is 4.82. The first-order valence-electron chi connectivity index (χ1n) is 9.07. The van der Waals surface area contributed by atoms with E-state index >= 15 is 0 Å². The van der Waals surface area contributed by atoms with Crippen molar-refractivity contribution in [1.29, 1.82) is 0 Å². The van der Waals surface area contributed by atoms with Crippen molar-refractivity contribution in [3.8, 4) is 0 Å². The van der Waals surface area contributed by atoms with Crippen LogP contribution in [-0.4, -0.2) is 44.4 Å². The molecule has 0 aromatic carbocycles. The summed E-state index contributed by atoms with van der Waals surface area (Å²) >= 11 is 1.51. The summed E-state index contributed by atoms with van der Waals surface area (Å²) in [6, 6.07) is 1.79. The molecule has 25 heavy (non-hydrogen) atoms. The van der Waals surface area contributed by atoms with Gasteiger partial charge in [0.25, 0.3) is 5.56 Å². The molecule has 1 aliphatic heterocycles. The highest BCUT2D eigenvalue weighted by molar-refractivity contribution is 7.07. The van der Waals surface area contributed by atoms with Crippen molar-refractivity contribution in [3.05, 3.63) is 44.3 Å². The highest BCUT2D eigenvalue weighted by Gasteiger charge is 2.23. The minimum absolute atomic E-state index is 0.0435. The van der Waals surface area contributed by atoms with Crippen LogP contribution < -0.4 is 5.56 Å². The Morgan fingerprint density at radius 1 is 1.32 bits per heavy atom. The predicted octanol–water partition coefficient (Wildman–Crippen LogP) is 1.63. The third-order valence-electron chi connectivity index (χ3n) is 5.39. The number of aromatic nitrogens is 3. The number of aliphatic hydroxyl groups excluding tert-OH is 1. The summed E-state index contributed by atoms with van der Waals surface area (Å²) < 4.78 is 1.68. The van der Waals surface area contributed by atoms with Crippen molar-refractivity contribution in [2.45, 2.75) is 44.8 Å². The maximum absolute atomic E-state index is 12.2. The van der Waals surface area contributed by atoms with E-state index in [4.69, 9.17) is 0 Å². The van der Waals surface area contributed by atoms with E-state index in [2.05, 4.69) is 15.0 Å². The van der Waals surface area contributed by atoms with E-state index in [9.17, 15) is 9.90 Å². The van der Waals surface area contributed by atoms with Crippen LogP contribution >= 0.6 is 11.3 Å². The zero-order valence-electron chi connectivity index (χ0n) is 14.3. The predicted molar refractivity (Wildman–Crippen MR) is 96.8 cm³/mol. The van der Waals surface area contributed by atoms with Gasteiger partial charge in [-0.2, -0.15) is 5.10 Å². The van der Waals surface area contributed by atoms with Gasteiger partial charge in [0.15, 0.2) is 0 Å². The fraction of sp³-hybridized carbons (Fsp3) is 0.611. The maximum atomic E-state index is 12.2. The van der Waals surface area contributed by atoms with Crippen LogP contribution in [0.3, 0.4) is 0 Å². The average Bonchev–Trinajstić information content (AvgIpc) is 3.28. The monoisotopic (exact) mass is 360 g/mol. The van der Waals surface area contributed by atoms with Crippen LogP contribution in [0.25, 0.3) is 0 Å². The van der Waals surface area contributed by atoms with Crippen LogP contribution in [0, 0.1) is 5.92 Å². The Labute approximate surface area is 151 Å². The molecule has 0 spiro atoms. The van der Waals surface area contributed by atoms with Gasteiger partial charge in [-0.15, -0.1) is 11.3 Å². The molecule has 3 heterocycles. The number of nitrogens with zero attached hydrogens (tertiary/aromatic N) is 4. The van der Waals surface area contributed by atoms with Gasteiger partial charge >= 0.3 is 0 Å². The number of aryl methyl sites for hydroxylation is 2. The lowest BCUT2D eigenvalue weighted by Gasteiger charge is -2.32. The minimum Gasteiger partial charge on any atom is -0.385 e. The lowest BCUT2D eigenvalue weighted by molar-refractivity contribution is 0.0836. The second-order valence-electron chi connectivity index (χ2n) is 7.16. The normalized spacial score (nSPS) is 19.9. The second-order valence-corrected chi connectivity index (χ2v) is 7.88. The maximum Gasteiger partial charge on any atom is 0.267 e. The highest BCUT2D eigenvalue weighted by Crippen LogP contribution is 2.22. The molecule has 1 N–H and O–H groups in total. The van der Waals surface area contributed by atoms with Gasteiger partial charge in [0.1, 0.15) is 6.10 Å². The summed E-state index contributed by atoms with van der Waals surface area (Å²) in [5, 5.41) is 16.7. The van der Waals surface area contributed by atoms with Crippen LogP contribution in [-0.2, 0) is 19.4 Å². The van der Waals surface area contributed by atoms with Gasteiger partial charge in [-0.05, 0) is 56.7 Å². The number of thiazole rings is 1. The molecular weight excluding hydrogens is 336 g/mol. The van der Waals surface area contributed by atoms with Crippen molar-refractivity contribution < 1.29 is 5.11 Å². The van der Waals surface area contributed by atoms with Crippen LogP contribution in [0.5, 0.6) is 0 Å². The van der Waals surface area contributed by atoms with Crippen molar-refractivity contribution >= 4 is 11.3 Å². The molecule has 1 unspecified atom stereocenters. The smallest absolute Gasteiger partial charge is 0.267 e. The first kappa shape index (κ1) is 16.9. The van der Waals surface area contributed by atoms with Crippen molar-refractivity contribution in [2.24, 2.45) is 5.92 Å². The Kier molecular flexibility index (Phi) is 4.96. The molecule has 1 aliphatic carbocycles. The quantitative estimate of drug-likeness (QED) is 0.878. The highest BCUT2D eigenvalue weighted by atomic mass is 32.1. The first-order valence-corrected chi connectivity index (χ1v) is 10.0. The molecule has 1 atom stereocenters. The van der Waals surface area contributed by atoms with E-state index in [1.54, 1.807) is 16.3 Å². The second kappa shape index (κ2) is 7.35. The fourth-order valence-corrected chi connectivity index (χ4v) is 4.49. The summed E-state index contributed by atoms with van der Waals surface area (Å²) in [5.74, 6) is 0.484. The number of β-amino-alcohol motifs (C(OH)–C–C–N with tert-alkyl or cyclic N) is 1. The number of aliphatic hydroxyl groups is 1. The number of fused-ring (bicyclic) bond motifs is 1. The van der Waals surface area contributed by atoms with Gasteiger partial charge in [-0.3, -0.25) is 4.79 Å². The third kappa shape index (κ3) is 3.83. The summed E-state index contributed by atoms with van der Waals surface area (Å²) in [4.78, 5) is 18.7. The lowest BCUT2D eigenvalue weighted by Crippen LogP contribution is -2.39.